The maximum atomic E-state index is 13.1. The summed E-state index contributed by atoms with van der Waals surface area (Å²) in [6.07, 6.45) is 1.71. The molecule has 4 rings (SSSR count). The lowest BCUT2D eigenvalue weighted by Crippen LogP contribution is -2.26. The van der Waals surface area contributed by atoms with E-state index in [-0.39, 0.29) is 5.91 Å². The van der Waals surface area contributed by atoms with Crippen molar-refractivity contribution in [2.75, 3.05) is 0 Å². The molecule has 1 amide bonds. The fraction of sp³-hybridized carbons (Fsp3) is 0.111. The number of halogens is 1. The Hall–Kier alpha value is -3.44. The first-order valence-electron chi connectivity index (χ1n) is 10.4. The predicted octanol–water partition coefficient (Wildman–Crippen LogP) is 6.14. The van der Waals surface area contributed by atoms with E-state index in [2.05, 4.69) is 63.1 Å². The Bertz CT molecular complexity index is 1190. The molecular weight excluding hydrogens is 462 g/mol. The molecule has 0 radical (unpaired) electrons. The van der Waals surface area contributed by atoms with E-state index in [1.807, 2.05) is 72.8 Å². The molecule has 0 bridgehead atoms. The SMILES string of the molecule is Cc1cc(/C=N\NC(=O)C(c2ccccc2)c2ccccc2)c(C)n1-c1ccc(Br)cc1. The van der Waals surface area contributed by atoms with Crippen LogP contribution in [0.3, 0.4) is 0 Å². The number of amides is 1. The lowest BCUT2D eigenvalue weighted by atomic mass is 9.91. The Morgan fingerprint density at radius 3 is 2.03 bits per heavy atom. The summed E-state index contributed by atoms with van der Waals surface area (Å²) in [5.41, 5.74) is 8.81. The number of hydrazone groups is 1. The zero-order valence-electron chi connectivity index (χ0n) is 18.0. The van der Waals surface area contributed by atoms with Crippen LogP contribution in [0.4, 0.5) is 0 Å². The molecule has 4 aromatic rings. The van der Waals surface area contributed by atoms with Crippen LogP contribution in [0.1, 0.15) is 34.0 Å². The molecule has 0 aliphatic rings. The minimum absolute atomic E-state index is 0.166. The van der Waals surface area contributed by atoms with Crippen LogP contribution in [0, 0.1) is 13.8 Å². The number of aromatic nitrogens is 1. The molecule has 4 nitrogen and oxygen atoms in total. The van der Waals surface area contributed by atoms with E-state index in [1.54, 1.807) is 6.21 Å². The Morgan fingerprint density at radius 2 is 1.47 bits per heavy atom. The third-order valence-electron chi connectivity index (χ3n) is 5.46. The van der Waals surface area contributed by atoms with Crippen LogP contribution in [0.5, 0.6) is 0 Å². The van der Waals surface area contributed by atoms with Crippen molar-refractivity contribution in [2.24, 2.45) is 5.10 Å². The number of hydrogen-bond acceptors (Lipinski definition) is 2. The Kier molecular flexibility index (Phi) is 6.66. The van der Waals surface area contributed by atoms with Crippen LogP contribution in [0.25, 0.3) is 5.69 Å². The molecule has 0 unspecified atom stereocenters. The fourth-order valence-corrected chi connectivity index (χ4v) is 4.19. The average molecular weight is 486 g/mol. The number of aryl methyl sites for hydroxylation is 1. The van der Waals surface area contributed by atoms with Gasteiger partial charge in [0, 0.05) is 27.1 Å². The molecule has 0 spiro atoms. The second-order valence-electron chi connectivity index (χ2n) is 7.63. The molecule has 0 saturated carbocycles. The molecule has 0 atom stereocenters. The van der Waals surface area contributed by atoms with Gasteiger partial charge in [-0.3, -0.25) is 4.79 Å². The maximum Gasteiger partial charge on any atom is 0.252 e. The van der Waals surface area contributed by atoms with Crippen LogP contribution in [0.15, 0.2) is 101 Å². The number of hydrogen-bond donors (Lipinski definition) is 1. The molecule has 0 saturated heterocycles. The minimum atomic E-state index is -0.426. The molecule has 32 heavy (non-hydrogen) atoms. The highest BCUT2D eigenvalue weighted by atomic mass is 79.9. The van der Waals surface area contributed by atoms with Crippen molar-refractivity contribution >= 4 is 28.1 Å². The second kappa shape index (κ2) is 9.79. The number of nitrogens with zero attached hydrogens (tertiary/aromatic N) is 2. The number of benzene rings is 3. The molecule has 1 aromatic heterocycles. The average Bonchev–Trinajstić information content (AvgIpc) is 3.09. The van der Waals surface area contributed by atoms with E-state index in [0.29, 0.717) is 0 Å². The van der Waals surface area contributed by atoms with Gasteiger partial charge >= 0.3 is 0 Å². The normalized spacial score (nSPS) is 11.2. The van der Waals surface area contributed by atoms with Gasteiger partial charge in [-0.25, -0.2) is 5.43 Å². The van der Waals surface area contributed by atoms with Crippen molar-refractivity contribution < 1.29 is 4.79 Å². The molecule has 0 aliphatic heterocycles. The highest BCUT2D eigenvalue weighted by molar-refractivity contribution is 9.10. The van der Waals surface area contributed by atoms with E-state index in [0.717, 1.165) is 38.2 Å². The Labute approximate surface area is 196 Å². The third-order valence-corrected chi connectivity index (χ3v) is 5.99. The van der Waals surface area contributed by atoms with Gasteiger partial charge in [0.2, 0.25) is 0 Å². The van der Waals surface area contributed by atoms with Crippen LogP contribution in [-0.4, -0.2) is 16.7 Å². The van der Waals surface area contributed by atoms with Crippen LogP contribution < -0.4 is 5.43 Å². The van der Waals surface area contributed by atoms with Gasteiger partial charge in [0.1, 0.15) is 0 Å². The quantitative estimate of drug-likeness (QED) is 0.258. The third kappa shape index (κ3) is 4.73. The van der Waals surface area contributed by atoms with Gasteiger partial charge in [0.15, 0.2) is 0 Å². The van der Waals surface area contributed by atoms with Crippen molar-refractivity contribution in [3.8, 4) is 5.69 Å². The Morgan fingerprint density at radius 1 is 0.906 bits per heavy atom. The first-order valence-corrected chi connectivity index (χ1v) is 11.2. The largest absolute Gasteiger partial charge is 0.318 e. The first-order chi connectivity index (χ1) is 15.5. The number of carbonyl (C=O) groups excluding carboxylic acids is 1. The van der Waals surface area contributed by atoms with Crippen molar-refractivity contribution in [3.63, 3.8) is 0 Å². The summed E-state index contributed by atoms with van der Waals surface area (Å²) in [5.74, 6) is -0.592. The standard InChI is InChI=1S/C27H24BrN3O/c1-19-17-23(20(2)31(19)25-15-13-24(28)14-16-25)18-29-30-27(32)26(21-9-5-3-6-10-21)22-11-7-4-8-12-22/h3-18,26H,1-2H3,(H,30,32)/b29-18-. The van der Waals surface area contributed by atoms with E-state index >= 15 is 0 Å². The van der Waals surface area contributed by atoms with Crippen molar-refractivity contribution in [1.82, 2.24) is 9.99 Å². The highest BCUT2D eigenvalue weighted by Gasteiger charge is 2.22. The summed E-state index contributed by atoms with van der Waals surface area (Å²) in [6, 6.07) is 29.8. The molecule has 160 valence electrons. The molecule has 0 fully saturated rings. The first kappa shape index (κ1) is 21.8. The van der Waals surface area contributed by atoms with Crippen LogP contribution >= 0.6 is 15.9 Å². The molecule has 0 aliphatic carbocycles. The zero-order valence-corrected chi connectivity index (χ0v) is 19.6. The van der Waals surface area contributed by atoms with Gasteiger partial charge in [-0.15, -0.1) is 0 Å². The van der Waals surface area contributed by atoms with E-state index in [9.17, 15) is 4.79 Å². The lowest BCUT2D eigenvalue weighted by Gasteiger charge is -2.16. The Balaban J connectivity index is 1.56. The van der Waals surface area contributed by atoms with Gasteiger partial charge in [0.05, 0.1) is 12.1 Å². The molecule has 1 N–H and O–H groups in total. The van der Waals surface area contributed by atoms with Crippen molar-refractivity contribution in [2.45, 2.75) is 19.8 Å². The smallest absolute Gasteiger partial charge is 0.252 e. The molecule has 5 heteroatoms. The molecule has 3 aromatic carbocycles. The van der Waals surface area contributed by atoms with E-state index in [4.69, 9.17) is 0 Å². The fourth-order valence-electron chi connectivity index (χ4n) is 3.92. The topological polar surface area (TPSA) is 46.4 Å². The maximum absolute atomic E-state index is 13.1. The monoisotopic (exact) mass is 485 g/mol. The van der Waals surface area contributed by atoms with Gasteiger partial charge in [-0.05, 0) is 55.3 Å². The summed E-state index contributed by atoms with van der Waals surface area (Å²) in [6.45, 7) is 4.11. The molecule has 1 heterocycles. The van der Waals surface area contributed by atoms with Gasteiger partial charge < -0.3 is 4.57 Å². The predicted molar refractivity (Wildman–Crippen MR) is 133 cm³/mol. The van der Waals surface area contributed by atoms with Crippen LogP contribution in [0.2, 0.25) is 0 Å². The molecular formula is C27H24BrN3O. The summed E-state index contributed by atoms with van der Waals surface area (Å²) < 4.78 is 3.21. The van der Waals surface area contributed by atoms with Gasteiger partial charge in [-0.1, -0.05) is 76.6 Å². The lowest BCUT2D eigenvalue weighted by molar-refractivity contribution is -0.121. The summed E-state index contributed by atoms with van der Waals surface area (Å²) >= 11 is 3.48. The summed E-state index contributed by atoms with van der Waals surface area (Å²) in [5, 5.41) is 4.29. The van der Waals surface area contributed by atoms with Crippen LogP contribution in [-0.2, 0) is 4.79 Å². The second-order valence-corrected chi connectivity index (χ2v) is 8.54. The van der Waals surface area contributed by atoms with Crippen molar-refractivity contribution in [1.29, 1.82) is 0 Å². The van der Waals surface area contributed by atoms with Gasteiger partial charge in [0.25, 0.3) is 5.91 Å². The minimum Gasteiger partial charge on any atom is -0.318 e. The summed E-state index contributed by atoms with van der Waals surface area (Å²) in [7, 11) is 0. The highest BCUT2D eigenvalue weighted by Crippen LogP contribution is 2.25. The summed E-state index contributed by atoms with van der Waals surface area (Å²) in [4.78, 5) is 13.1. The number of rotatable bonds is 6. The van der Waals surface area contributed by atoms with E-state index in [1.165, 1.54) is 0 Å². The van der Waals surface area contributed by atoms with Crippen molar-refractivity contribution in [3.05, 3.63) is 124 Å². The van der Waals surface area contributed by atoms with Gasteiger partial charge in [-0.2, -0.15) is 5.10 Å². The zero-order chi connectivity index (χ0) is 22.5. The number of carbonyl (C=O) groups is 1. The van der Waals surface area contributed by atoms with E-state index < -0.39 is 5.92 Å². The number of nitrogens with one attached hydrogen (secondary N) is 1.